The molecular formula is C10H12ClNO2. The summed E-state index contributed by atoms with van der Waals surface area (Å²) < 4.78 is 0. The molecule has 0 radical (unpaired) electrons. The van der Waals surface area contributed by atoms with Gasteiger partial charge in [0.2, 0.25) is 0 Å². The average Bonchev–Trinajstić information content (AvgIpc) is 2.44. The molecule has 1 aromatic carbocycles. The molecule has 0 bridgehead atoms. The van der Waals surface area contributed by atoms with Crippen LogP contribution in [-0.4, -0.2) is 22.5 Å². The molecule has 0 unspecified atom stereocenters. The Balaban J connectivity index is 0.000000980. The highest BCUT2D eigenvalue weighted by Gasteiger charge is 2.19. The van der Waals surface area contributed by atoms with Crippen molar-refractivity contribution in [3.8, 4) is 0 Å². The van der Waals surface area contributed by atoms with E-state index in [1.807, 2.05) is 17.0 Å². The lowest BCUT2D eigenvalue weighted by Gasteiger charge is -2.09. The third-order valence-corrected chi connectivity index (χ3v) is 2.27. The zero-order chi connectivity index (χ0) is 9.26. The number of hydrogen-bond donors (Lipinski definition) is 1. The molecule has 0 saturated heterocycles. The maximum Gasteiger partial charge on any atom is 0.317 e. The summed E-state index contributed by atoms with van der Waals surface area (Å²) in [4.78, 5) is 12.4. The van der Waals surface area contributed by atoms with Crippen LogP contribution in [0.4, 0.5) is 0 Å². The topological polar surface area (TPSA) is 40.5 Å². The number of nitrogens with zero attached hydrogens (tertiary/aromatic N) is 1. The van der Waals surface area contributed by atoms with Crippen molar-refractivity contribution in [2.45, 2.75) is 13.1 Å². The molecule has 0 amide bonds. The number of hydrogen-bond acceptors (Lipinski definition) is 2. The van der Waals surface area contributed by atoms with Crippen LogP contribution >= 0.6 is 12.4 Å². The van der Waals surface area contributed by atoms with Gasteiger partial charge in [-0.15, -0.1) is 12.4 Å². The summed E-state index contributed by atoms with van der Waals surface area (Å²) in [5, 5.41) is 8.61. The van der Waals surface area contributed by atoms with E-state index in [1.165, 1.54) is 11.1 Å². The molecular weight excluding hydrogens is 202 g/mol. The molecule has 0 fully saturated rings. The highest BCUT2D eigenvalue weighted by molar-refractivity contribution is 5.85. The molecule has 3 nitrogen and oxygen atoms in total. The molecule has 4 heteroatoms. The third kappa shape index (κ3) is 2.25. The fraction of sp³-hybridized carbons (Fsp3) is 0.300. The first-order chi connectivity index (χ1) is 6.25. The van der Waals surface area contributed by atoms with E-state index in [-0.39, 0.29) is 19.0 Å². The van der Waals surface area contributed by atoms with Crippen molar-refractivity contribution in [3.63, 3.8) is 0 Å². The Kier molecular flexibility index (Phi) is 3.49. The van der Waals surface area contributed by atoms with Crippen molar-refractivity contribution in [2.75, 3.05) is 6.54 Å². The van der Waals surface area contributed by atoms with Gasteiger partial charge in [-0.1, -0.05) is 24.3 Å². The smallest absolute Gasteiger partial charge is 0.317 e. The maximum atomic E-state index is 10.5. The fourth-order valence-corrected chi connectivity index (χ4v) is 1.71. The van der Waals surface area contributed by atoms with Crippen molar-refractivity contribution >= 4 is 18.4 Å². The Morgan fingerprint density at radius 2 is 1.79 bits per heavy atom. The van der Waals surface area contributed by atoms with E-state index >= 15 is 0 Å². The van der Waals surface area contributed by atoms with E-state index < -0.39 is 5.97 Å². The first-order valence-electron chi connectivity index (χ1n) is 4.26. The minimum Gasteiger partial charge on any atom is -0.480 e. The van der Waals surface area contributed by atoms with Crippen LogP contribution in [-0.2, 0) is 17.9 Å². The van der Waals surface area contributed by atoms with Crippen LogP contribution < -0.4 is 0 Å². The monoisotopic (exact) mass is 213 g/mol. The van der Waals surface area contributed by atoms with Gasteiger partial charge < -0.3 is 5.11 Å². The van der Waals surface area contributed by atoms with Crippen LogP contribution in [0.2, 0.25) is 0 Å². The number of rotatable bonds is 2. The van der Waals surface area contributed by atoms with E-state index in [9.17, 15) is 4.79 Å². The highest BCUT2D eigenvalue weighted by atomic mass is 35.5. The lowest BCUT2D eigenvalue weighted by atomic mass is 10.1. The maximum absolute atomic E-state index is 10.5. The van der Waals surface area contributed by atoms with Gasteiger partial charge in [-0.3, -0.25) is 9.69 Å². The molecule has 0 atom stereocenters. The van der Waals surface area contributed by atoms with Crippen LogP contribution in [0.15, 0.2) is 24.3 Å². The Morgan fingerprint density at radius 3 is 2.21 bits per heavy atom. The van der Waals surface area contributed by atoms with E-state index in [1.54, 1.807) is 0 Å². The van der Waals surface area contributed by atoms with Crippen molar-refractivity contribution in [3.05, 3.63) is 35.4 Å². The number of carboxylic acids is 1. The molecule has 1 aliphatic rings. The third-order valence-electron chi connectivity index (χ3n) is 2.27. The number of fused-ring (bicyclic) bond motifs is 1. The molecule has 0 saturated carbocycles. The zero-order valence-electron chi connectivity index (χ0n) is 7.64. The van der Waals surface area contributed by atoms with E-state index in [0.717, 1.165) is 13.1 Å². The van der Waals surface area contributed by atoms with Crippen LogP contribution in [0.5, 0.6) is 0 Å². The van der Waals surface area contributed by atoms with E-state index in [2.05, 4.69) is 12.1 Å². The van der Waals surface area contributed by atoms with Crippen molar-refractivity contribution in [1.82, 2.24) is 4.90 Å². The van der Waals surface area contributed by atoms with Gasteiger partial charge in [0.15, 0.2) is 0 Å². The van der Waals surface area contributed by atoms with Gasteiger partial charge in [-0.25, -0.2) is 0 Å². The summed E-state index contributed by atoms with van der Waals surface area (Å²) in [5.74, 6) is -0.757. The predicted molar refractivity (Wildman–Crippen MR) is 55.4 cm³/mol. The SMILES string of the molecule is Cl.O=C(O)CN1Cc2ccccc2C1. The lowest BCUT2D eigenvalue weighted by Crippen LogP contribution is -2.24. The fourth-order valence-electron chi connectivity index (χ4n) is 1.71. The number of aliphatic carboxylic acids is 1. The molecule has 0 aromatic heterocycles. The first-order valence-corrected chi connectivity index (χ1v) is 4.26. The lowest BCUT2D eigenvalue weighted by molar-refractivity contribution is -0.138. The largest absolute Gasteiger partial charge is 0.480 e. The van der Waals surface area contributed by atoms with Crippen LogP contribution in [0, 0.1) is 0 Å². The van der Waals surface area contributed by atoms with E-state index in [4.69, 9.17) is 5.11 Å². The van der Waals surface area contributed by atoms with Crippen LogP contribution in [0.25, 0.3) is 0 Å². The van der Waals surface area contributed by atoms with Gasteiger partial charge in [0.05, 0.1) is 6.54 Å². The second-order valence-electron chi connectivity index (χ2n) is 3.31. The summed E-state index contributed by atoms with van der Waals surface area (Å²) >= 11 is 0. The molecule has 1 N–H and O–H groups in total. The summed E-state index contributed by atoms with van der Waals surface area (Å²) in [6, 6.07) is 8.08. The molecule has 1 heterocycles. The minimum atomic E-state index is -0.757. The average molecular weight is 214 g/mol. The van der Waals surface area contributed by atoms with Crippen molar-refractivity contribution in [1.29, 1.82) is 0 Å². The quantitative estimate of drug-likeness (QED) is 0.810. The normalized spacial score (nSPS) is 14.6. The number of benzene rings is 1. The van der Waals surface area contributed by atoms with Crippen molar-refractivity contribution in [2.24, 2.45) is 0 Å². The second kappa shape index (κ2) is 4.44. The van der Waals surface area contributed by atoms with Gasteiger partial charge in [-0.2, -0.15) is 0 Å². The molecule has 1 aliphatic heterocycles. The number of halogens is 1. The standard InChI is InChI=1S/C10H11NO2.ClH/c12-10(13)7-11-5-8-3-1-2-4-9(8)6-11;/h1-4H,5-7H2,(H,12,13);1H. The van der Waals surface area contributed by atoms with Crippen molar-refractivity contribution < 1.29 is 9.90 Å². The summed E-state index contributed by atoms with van der Waals surface area (Å²) in [6.45, 7) is 1.67. The summed E-state index contributed by atoms with van der Waals surface area (Å²) in [7, 11) is 0. The molecule has 76 valence electrons. The van der Waals surface area contributed by atoms with Gasteiger partial charge in [0.25, 0.3) is 0 Å². The number of carbonyl (C=O) groups is 1. The van der Waals surface area contributed by atoms with Crippen LogP contribution in [0.3, 0.4) is 0 Å². The predicted octanol–water partition coefficient (Wildman–Crippen LogP) is 1.51. The highest BCUT2D eigenvalue weighted by Crippen LogP contribution is 2.21. The molecule has 0 spiro atoms. The Morgan fingerprint density at radius 1 is 1.29 bits per heavy atom. The molecule has 0 aliphatic carbocycles. The minimum absolute atomic E-state index is 0. The molecule has 1 aromatic rings. The Bertz CT molecular complexity index is 316. The van der Waals surface area contributed by atoms with Gasteiger partial charge in [-0.05, 0) is 11.1 Å². The molecule has 2 rings (SSSR count). The second-order valence-corrected chi connectivity index (χ2v) is 3.31. The van der Waals surface area contributed by atoms with E-state index in [0.29, 0.717) is 0 Å². The summed E-state index contributed by atoms with van der Waals surface area (Å²) in [6.07, 6.45) is 0. The van der Waals surface area contributed by atoms with Gasteiger partial charge in [0.1, 0.15) is 0 Å². The first kappa shape index (κ1) is 11.0. The number of carboxylic acid groups (broad SMARTS) is 1. The Hall–Kier alpha value is -1.06. The Labute approximate surface area is 88.8 Å². The molecule has 14 heavy (non-hydrogen) atoms. The van der Waals surface area contributed by atoms with Gasteiger partial charge >= 0.3 is 5.97 Å². The zero-order valence-corrected chi connectivity index (χ0v) is 8.46. The van der Waals surface area contributed by atoms with Gasteiger partial charge in [0, 0.05) is 13.1 Å². The summed E-state index contributed by atoms with van der Waals surface area (Å²) in [5.41, 5.74) is 2.51. The van der Waals surface area contributed by atoms with Crippen LogP contribution in [0.1, 0.15) is 11.1 Å².